The van der Waals surface area contributed by atoms with Crippen molar-refractivity contribution in [2.45, 2.75) is 38.6 Å². The molecular formula is C20H30N2O2. The van der Waals surface area contributed by atoms with Crippen molar-refractivity contribution in [3.05, 3.63) is 35.9 Å². The van der Waals surface area contributed by atoms with E-state index in [1.165, 1.54) is 5.56 Å². The minimum atomic E-state index is 0.255. The number of nitrogens with one attached hydrogen (secondary N) is 1. The molecule has 2 aliphatic rings. The number of carbonyl (C=O) groups excluding carboxylic acids is 1. The number of amides is 1. The summed E-state index contributed by atoms with van der Waals surface area (Å²) in [7, 11) is 1.73. The van der Waals surface area contributed by atoms with Gasteiger partial charge in [-0.05, 0) is 56.2 Å². The molecule has 2 fully saturated rings. The van der Waals surface area contributed by atoms with Gasteiger partial charge in [-0.1, -0.05) is 30.3 Å². The molecule has 1 saturated carbocycles. The van der Waals surface area contributed by atoms with E-state index in [1.807, 2.05) is 18.2 Å². The van der Waals surface area contributed by atoms with Crippen LogP contribution in [0.25, 0.3) is 0 Å². The average molecular weight is 330 g/mol. The van der Waals surface area contributed by atoms with Crippen LogP contribution in [0.4, 0.5) is 0 Å². The molecule has 132 valence electrons. The summed E-state index contributed by atoms with van der Waals surface area (Å²) in [6.07, 6.45) is 5.43. The molecule has 1 atom stereocenters. The van der Waals surface area contributed by atoms with Gasteiger partial charge in [0.1, 0.15) is 0 Å². The molecule has 0 bridgehead atoms. The maximum Gasteiger partial charge on any atom is 0.226 e. The van der Waals surface area contributed by atoms with Crippen LogP contribution in [0.2, 0.25) is 0 Å². The third-order valence-corrected chi connectivity index (χ3v) is 5.64. The molecule has 1 amide bonds. The van der Waals surface area contributed by atoms with Gasteiger partial charge in [-0.2, -0.15) is 0 Å². The van der Waals surface area contributed by atoms with E-state index in [1.54, 1.807) is 7.11 Å². The number of methoxy groups -OCH3 is 1. The first kappa shape index (κ1) is 17.4. The standard InChI is InChI=1S/C20H30N2O2/c1-24-14-6-5-13-22(16-17-7-3-2-4-8-17)19(23)18-15-20(18)9-11-21-12-10-20/h2-4,7-8,18,21H,5-6,9-16H2,1H3. The van der Waals surface area contributed by atoms with E-state index in [0.717, 1.165) is 64.9 Å². The summed E-state index contributed by atoms with van der Waals surface area (Å²) < 4.78 is 5.14. The molecule has 24 heavy (non-hydrogen) atoms. The van der Waals surface area contributed by atoms with E-state index in [4.69, 9.17) is 4.74 Å². The Balaban J connectivity index is 1.61. The lowest BCUT2D eigenvalue weighted by Crippen LogP contribution is -2.37. The molecule has 4 heteroatoms. The molecule has 3 rings (SSSR count). The van der Waals surface area contributed by atoms with Crippen LogP contribution in [-0.2, 0) is 16.1 Å². The van der Waals surface area contributed by atoms with Crippen LogP contribution in [-0.4, -0.2) is 44.2 Å². The Bertz CT molecular complexity index is 526. The summed E-state index contributed by atoms with van der Waals surface area (Å²) in [5.41, 5.74) is 1.53. The SMILES string of the molecule is COCCCCN(Cc1ccccc1)C(=O)C1CC12CCNCC2. The minimum Gasteiger partial charge on any atom is -0.385 e. The Kier molecular flexibility index (Phi) is 5.90. The van der Waals surface area contributed by atoms with Crippen molar-refractivity contribution >= 4 is 5.91 Å². The number of hydrogen-bond donors (Lipinski definition) is 1. The number of piperidine rings is 1. The van der Waals surface area contributed by atoms with Crippen LogP contribution < -0.4 is 5.32 Å². The van der Waals surface area contributed by atoms with Gasteiger partial charge in [0.15, 0.2) is 0 Å². The molecule has 0 aromatic heterocycles. The summed E-state index contributed by atoms with van der Waals surface area (Å²) in [6, 6.07) is 10.4. The fraction of sp³-hybridized carbons (Fsp3) is 0.650. The third kappa shape index (κ3) is 4.17. The summed E-state index contributed by atoms with van der Waals surface area (Å²) in [4.78, 5) is 15.2. The third-order valence-electron chi connectivity index (χ3n) is 5.64. The second-order valence-corrected chi connectivity index (χ2v) is 7.31. The van der Waals surface area contributed by atoms with Gasteiger partial charge in [-0.15, -0.1) is 0 Å². The maximum absolute atomic E-state index is 13.1. The highest BCUT2D eigenvalue weighted by atomic mass is 16.5. The summed E-state index contributed by atoms with van der Waals surface area (Å²) in [6.45, 7) is 4.47. The number of nitrogens with zero attached hydrogens (tertiary/aromatic N) is 1. The zero-order valence-corrected chi connectivity index (χ0v) is 14.8. The normalized spacial score (nSPS) is 21.6. The van der Waals surface area contributed by atoms with Gasteiger partial charge in [0.2, 0.25) is 5.91 Å². The number of rotatable bonds is 8. The predicted octanol–water partition coefficient (Wildman–Crippen LogP) is 2.83. The number of unbranched alkanes of at least 4 members (excludes halogenated alkanes) is 1. The lowest BCUT2D eigenvalue weighted by Gasteiger charge is -2.27. The Labute approximate surface area is 145 Å². The first-order valence-electron chi connectivity index (χ1n) is 9.27. The van der Waals surface area contributed by atoms with Crippen molar-refractivity contribution in [3.8, 4) is 0 Å². The van der Waals surface area contributed by atoms with Crippen LogP contribution in [0, 0.1) is 11.3 Å². The summed E-state index contributed by atoms with van der Waals surface area (Å²) in [5, 5.41) is 3.42. The van der Waals surface area contributed by atoms with Crippen molar-refractivity contribution < 1.29 is 9.53 Å². The molecule has 1 unspecified atom stereocenters. The van der Waals surface area contributed by atoms with Crippen molar-refractivity contribution in [2.24, 2.45) is 11.3 Å². The van der Waals surface area contributed by atoms with Crippen molar-refractivity contribution in [1.82, 2.24) is 10.2 Å². The molecule has 1 spiro atoms. The number of carbonyl (C=O) groups is 1. The van der Waals surface area contributed by atoms with Gasteiger partial charge in [0.05, 0.1) is 0 Å². The summed E-state index contributed by atoms with van der Waals surface area (Å²) >= 11 is 0. The number of hydrogen-bond acceptors (Lipinski definition) is 3. The van der Waals surface area contributed by atoms with Crippen LogP contribution in [0.5, 0.6) is 0 Å². The van der Waals surface area contributed by atoms with Crippen molar-refractivity contribution in [2.75, 3.05) is 33.4 Å². The molecule has 1 heterocycles. The average Bonchev–Trinajstić information content (AvgIpc) is 3.31. The lowest BCUT2D eigenvalue weighted by molar-refractivity contribution is -0.134. The lowest BCUT2D eigenvalue weighted by atomic mass is 9.91. The van der Waals surface area contributed by atoms with Gasteiger partial charge in [-0.25, -0.2) is 0 Å². The molecule has 0 radical (unpaired) electrons. The number of benzene rings is 1. The molecule has 1 aliphatic carbocycles. The highest BCUT2D eigenvalue weighted by Crippen LogP contribution is 2.59. The van der Waals surface area contributed by atoms with Gasteiger partial charge < -0.3 is 15.0 Å². The molecule has 1 N–H and O–H groups in total. The Morgan fingerprint density at radius 2 is 2.00 bits per heavy atom. The van der Waals surface area contributed by atoms with Crippen LogP contribution in [0.3, 0.4) is 0 Å². The van der Waals surface area contributed by atoms with Crippen LogP contribution >= 0.6 is 0 Å². The van der Waals surface area contributed by atoms with Crippen LogP contribution in [0.1, 0.15) is 37.7 Å². The quantitative estimate of drug-likeness (QED) is 0.745. The van der Waals surface area contributed by atoms with Crippen molar-refractivity contribution in [1.29, 1.82) is 0 Å². The smallest absolute Gasteiger partial charge is 0.226 e. The zero-order valence-electron chi connectivity index (χ0n) is 14.8. The van der Waals surface area contributed by atoms with Crippen LogP contribution in [0.15, 0.2) is 30.3 Å². The molecule has 4 nitrogen and oxygen atoms in total. The summed E-state index contributed by atoms with van der Waals surface area (Å²) in [5.74, 6) is 0.629. The van der Waals surface area contributed by atoms with E-state index in [9.17, 15) is 4.79 Å². The first-order valence-corrected chi connectivity index (χ1v) is 9.27. The molecule has 1 saturated heterocycles. The van der Waals surface area contributed by atoms with Gasteiger partial charge >= 0.3 is 0 Å². The highest BCUT2D eigenvalue weighted by Gasteiger charge is 2.58. The highest BCUT2D eigenvalue weighted by molar-refractivity contribution is 5.82. The van der Waals surface area contributed by atoms with Gasteiger partial charge in [0, 0.05) is 32.7 Å². The van der Waals surface area contributed by atoms with Gasteiger partial charge in [0.25, 0.3) is 0 Å². The first-order chi connectivity index (χ1) is 11.7. The predicted molar refractivity (Wildman–Crippen MR) is 95.6 cm³/mol. The van der Waals surface area contributed by atoms with E-state index < -0.39 is 0 Å². The van der Waals surface area contributed by atoms with Crippen molar-refractivity contribution in [3.63, 3.8) is 0 Å². The maximum atomic E-state index is 13.1. The molecule has 1 aliphatic heterocycles. The second-order valence-electron chi connectivity index (χ2n) is 7.31. The Morgan fingerprint density at radius 1 is 1.25 bits per heavy atom. The van der Waals surface area contributed by atoms with E-state index in [0.29, 0.717) is 11.3 Å². The van der Waals surface area contributed by atoms with E-state index in [2.05, 4.69) is 22.3 Å². The minimum absolute atomic E-state index is 0.255. The Hall–Kier alpha value is -1.39. The topological polar surface area (TPSA) is 41.6 Å². The zero-order chi connectivity index (χ0) is 16.8. The monoisotopic (exact) mass is 330 g/mol. The van der Waals surface area contributed by atoms with E-state index in [-0.39, 0.29) is 5.92 Å². The Morgan fingerprint density at radius 3 is 2.71 bits per heavy atom. The van der Waals surface area contributed by atoms with Gasteiger partial charge in [-0.3, -0.25) is 4.79 Å². The molecule has 1 aromatic rings. The van der Waals surface area contributed by atoms with E-state index >= 15 is 0 Å². The fourth-order valence-electron chi connectivity index (χ4n) is 4.01. The molecular weight excluding hydrogens is 300 g/mol. The number of ether oxygens (including phenoxy) is 1. The fourth-order valence-corrected chi connectivity index (χ4v) is 4.01. The largest absolute Gasteiger partial charge is 0.385 e. The molecule has 1 aromatic carbocycles. The second kappa shape index (κ2) is 8.13.